The largest absolute Gasteiger partial charge is 0.357 e. The van der Waals surface area contributed by atoms with E-state index in [1.165, 1.54) is 7.05 Å². The van der Waals surface area contributed by atoms with Crippen LogP contribution in [-0.4, -0.2) is 39.9 Å². The van der Waals surface area contributed by atoms with Crippen LogP contribution < -0.4 is 10.6 Å². The lowest BCUT2D eigenvalue weighted by molar-refractivity contribution is -0.122. The van der Waals surface area contributed by atoms with Crippen molar-refractivity contribution < 1.29 is 9.59 Å². The van der Waals surface area contributed by atoms with E-state index in [9.17, 15) is 9.59 Å². The summed E-state index contributed by atoms with van der Waals surface area (Å²) in [5.74, 6) is -0.0322. The second kappa shape index (κ2) is 7.11. The van der Waals surface area contributed by atoms with E-state index in [0.717, 1.165) is 16.3 Å². The van der Waals surface area contributed by atoms with Crippen LogP contribution in [0.25, 0.3) is 33.3 Å². The van der Waals surface area contributed by atoms with Crippen LogP contribution in [-0.2, 0) is 4.79 Å². The first kappa shape index (κ1) is 17.7. The number of benzene rings is 2. The average Bonchev–Trinajstić information content (AvgIpc) is 3.17. The fourth-order valence-electron chi connectivity index (χ4n) is 3.11. The molecule has 2 aromatic carbocycles. The summed E-state index contributed by atoms with van der Waals surface area (Å²) < 4.78 is 0. The molecule has 0 aliphatic carbocycles. The molecule has 28 heavy (non-hydrogen) atoms. The number of rotatable bonds is 4. The molecule has 0 spiro atoms. The van der Waals surface area contributed by atoms with Gasteiger partial charge in [0, 0.05) is 18.6 Å². The average molecular weight is 373 g/mol. The van der Waals surface area contributed by atoms with Crippen molar-refractivity contribution in [1.29, 1.82) is 0 Å². The van der Waals surface area contributed by atoms with E-state index in [4.69, 9.17) is 0 Å². The Bertz CT molecular complexity index is 1200. The third kappa shape index (κ3) is 3.18. The summed E-state index contributed by atoms with van der Waals surface area (Å²) in [4.78, 5) is 36.6. The molecule has 0 bridgehead atoms. The molecule has 0 radical (unpaired) electrons. The summed E-state index contributed by atoms with van der Waals surface area (Å²) in [6, 6.07) is 14.6. The molecule has 0 aliphatic rings. The van der Waals surface area contributed by atoms with Gasteiger partial charge in [-0.1, -0.05) is 30.3 Å². The van der Waals surface area contributed by atoms with Crippen LogP contribution in [0.4, 0.5) is 0 Å². The normalized spacial score (nSPS) is 12.1. The Hall–Kier alpha value is -3.74. The zero-order chi connectivity index (χ0) is 19.7. The molecule has 2 heterocycles. The van der Waals surface area contributed by atoms with Gasteiger partial charge in [-0.3, -0.25) is 14.6 Å². The Morgan fingerprint density at radius 1 is 1.07 bits per heavy atom. The number of hydrogen-bond donors (Lipinski definition) is 3. The third-order valence-corrected chi connectivity index (χ3v) is 4.62. The number of imidazole rings is 1. The SMILES string of the molecule is CNC(=O)[C@H](C)NC(=O)c1cccc2[nH]c(-c3cc4ccccc4cn3)nc12. The number of amides is 2. The number of carbonyl (C=O) groups excluding carboxylic acids is 2. The Labute approximate surface area is 161 Å². The van der Waals surface area contributed by atoms with Crippen LogP contribution in [0.2, 0.25) is 0 Å². The number of likely N-dealkylation sites (N-methyl/N-ethyl adjacent to an activating group) is 1. The summed E-state index contributed by atoms with van der Waals surface area (Å²) in [7, 11) is 1.53. The Morgan fingerprint density at radius 3 is 2.64 bits per heavy atom. The molecule has 0 saturated heterocycles. The van der Waals surface area contributed by atoms with Crippen LogP contribution in [0.5, 0.6) is 0 Å². The van der Waals surface area contributed by atoms with Crippen molar-refractivity contribution >= 4 is 33.6 Å². The molecule has 2 amide bonds. The predicted molar refractivity (Wildman–Crippen MR) is 108 cm³/mol. The fraction of sp³-hybridized carbons (Fsp3) is 0.143. The number of aromatic nitrogens is 3. The Kier molecular flexibility index (Phi) is 4.49. The van der Waals surface area contributed by atoms with Crippen molar-refractivity contribution in [2.45, 2.75) is 13.0 Å². The van der Waals surface area contributed by atoms with Gasteiger partial charge in [-0.05, 0) is 30.5 Å². The van der Waals surface area contributed by atoms with Crippen LogP contribution in [0.1, 0.15) is 17.3 Å². The molecule has 4 rings (SSSR count). The minimum absolute atomic E-state index is 0.261. The zero-order valence-electron chi connectivity index (χ0n) is 15.5. The highest BCUT2D eigenvalue weighted by Crippen LogP contribution is 2.24. The van der Waals surface area contributed by atoms with Crippen molar-refractivity contribution in [3.63, 3.8) is 0 Å². The van der Waals surface area contributed by atoms with Crippen molar-refractivity contribution in [3.05, 3.63) is 60.3 Å². The second-order valence-electron chi connectivity index (χ2n) is 6.51. The zero-order valence-corrected chi connectivity index (χ0v) is 15.5. The van der Waals surface area contributed by atoms with Gasteiger partial charge >= 0.3 is 0 Å². The van der Waals surface area contributed by atoms with E-state index in [2.05, 4.69) is 25.6 Å². The van der Waals surface area contributed by atoms with Crippen LogP contribution in [0.3, 0.4) is 0 Å². The molecule has 0 aliphatic heterocycles. The summed E-state index contributed by atoms with van der Waals surface area (Å²) in [5.41, 5.74) is 2.36. The number of pyridine rings is 1. The maximum Gasteiger partial charge on any atom is 0.254 e. The van der Waals surface area contributed by atoms with Crippen LogP contribution in [0.15, 0.2) is 54.7 Å². The molecule has 1 atom stereocenters. The molecule has 7 nitrogen and oxygen atoms in total. The molecule has 3 N–H and O–H groups in total. The maximum absolute atomic E-state index is 12.6. The number of aromatic amines is 1. The monoisotopic (exact) mass is 373 g/mol. The van der Waals surface area contributed by atoms with Gasteiger partial charge in [-0.2, -0.15) is 0 Å². The molecule has 7 heteroatoms. The highest BCUT2D eigenvalue weighted by atomic mass is 16.2. The van der Waals surface area contributed by atoms with E-state index in [1.54, 1.807) is 25.3 Å². The van der Waals surface area contributed by atoms with E-state index >= 15 is 0 Å². The smallest absolute Gasteiger partial charge is 0.254 e. The number of hydrogen-bond acceptors (Lipinski definition) is 4. The summed E-state index contributed by atoms with van der Waals surface area (Å²) in [6.07, 6.45) is 1.80. The second-order valence-corrected chi connectivity index (χ2v) is 6.51. The van der Waals surface area contributed by atoms with Gasteiger partial charge < -0.3 is 15.6 Å². The van der Waals surface area contributed by atoms with Crippen molar-refractivity contribution in [2.75, 3.05) is 7.05 Å². The van der Waals surface area contributed by atoms with Crippen molar-refractivity contribution in [2.24, 2.45) is 0 Å². The first-order chi connectivity index (χ1) is 13.6. The van der Waals surface area contributed by atoms with Gasteiger partial charge in [0.25, 0.3) is 5.91 Å². The van der Waals surface area contributed by atoms with Crippen LogP contribution >= 0.6 is 0 Å². The van der Waals surface area contributed by atoms with Gasteiger partial charge in [0.1, 0.15) is 17.3 Å². The summed E-state index contributed by atoms with van der Waals surface area (Å²) >= 11 is 0. The quantitative estimate of drug-likeness (QED) is 0.512. The number of nitrogens with one attached hydrogen (secondary N) is 3. The van der Waals surface area contributed by atoms with E-state index in [-0.39, 0.29) is 11.8 Å². The molecular weight excluding hydrogens is 354 g/mol. The molecule has 0 unspecified atom stereocenters. The van der Waals surface area contributed by atoms with E-state index < -0.39 is 6.04 Å². The number of nitrogens with zero attached hydrogens (tertiary/aromatic N) is 2. The third-order valence-electron chi connectivity index (χ3n) is 4.62. The van der Waals surface area contributed by atoms with E-state index in [0.29, 0.717) is 22.6 Å². The Morgan fingerprint density at radius 2 is 1.86 bits per heavy atom. The number of H-pyrrole nitrogens is 1. The first-order valence-electron chi connectivity index (χ1n) is 8.93. The molecule has 2 aromatic heterocycles. The minimum Gasteiger partial charge on any atom is -0.357 e. The highest BCUT2D eigenvalue weighted by Gasteiger charge is 2.19. The predicted octanol–water partition coefficient (Wildman–Crippen LogP) is 2.64. The summed E-state index contributed by atoms with van der Waals surface area (Å²) in [5, 5.41) is 7.31. The van der Waals surface area contributed by atoms with Gasteiger partial charge in [-0.25, -0.2) is 4.98 Å². The fourth-order valence-corrected chi connectivity index (χ4v) is 3.11. The van der Waals surface area contributed by atoms with Crippen molar-refractivity contribution in [1.82, 2.24) is 25.6 Å². The van der Waals surface area contributed by atoms with Gasteiger partial charge in [0.15, 0.2) is 5.82 Å². The lowest BCUT2D eigenvalue weighted by Crippen LogP contribution is -2.43. The van der Waals surface area contributed by atoms with E-state index in [1.807, 2.05) is 36.4 Å². The Balaban J connectivity index is 1.72. The topological polar surface area (TPSA) is 99.8 Å². The van der Waals surface area contributed by atoms with Crippen molar-refractivity contribution in [3.8, 4) is 11.5 Å². The van der Waals surface area contributed by atoms with Gasteiger partial charge in [0.05, 0.1) is 11.1 Å². The number of para-hydroxylation sites is 1. The molecule has 0 fully saturated rings. The van der Waals surface area contributed by atoms with Gasteiger partial charge in [-0.15, -0.1) is 0 Å². The lowest BCUT2D eigenvalue weighted by Gasteiger charge is -2.12. The standard InChI is InChI=1S/C21H19N5O2/c1-12(20(27)22-2)24-21(28)15-8-5-9-16-18(15)26-19(25-16)17-10-13-6-3-4-7-14(13)11-23-17/h3-12H,1-2H3,(H,22,27)(H,24,28)(H,25,26)/t12-/m0/s1. The molecule has 0 saturated carbocycles. The molecular formula is C21H19N5O2. The summed E-state index contributed by atoms with van der Waals surface area (Å²) in [6.45, 7) is 1.63. The van der Waals surface area contributed by atoms with Gasteiger partial charge in [0.2, 0.25) is 5.91 Å². The first-order valence-corrected chi connectivity index (χ1v) is 8.93. The molecule has 4 aromatic rings. The number of carbonyl (C=O) groups is 2. The number of fused-ring (bicyclic) bond motifs is 2. The highest BCUT2D eigenvalue weighted by molar-refractivity contribution is 6.06. The molecule has 140 valence electrons. The maximum atomic E-state index is 12.6. The lowest BCUT2D eigenvalue weighted by atomic mass is 10.1. The minimum atomic E-state index is -0.645. The van der Waals surface area contributed by atoms with Crippen LogP contribution in [0, 0.1) is 0 Å².